The molecule has 0 radical (unpaired) electrons. The van der Waals surface area contributed by atoms with Crippen LogP contribution in [-0.4, -0.2) is 26.7 Å². The van der Waals surface area contributed by atoms with Crippen LogP contribution in [0, 0.1) is 5.82 Å². The molecule has 46 heavy (non-hydrogen) atoms. The third kappa shape index (κ3) is 8.44. The second kappa shape index (κ2) is 14.9. The first-order valence-electron chi connectivity index (χ1n) is 14.6. The number of carboxylic acids is 1. The van der Waals surface area contributed by atoms with Crippen LogP contribution in [0.3, 0.4) is 0 Å². The normalized spacial score (nSPS) is 11.6. The predicted octanol–water partition coefficient (Wildman–Crippen LogP) is 9.39. The standard InChI is InChI=1S/C35H31Cl2FN4O4/c1-2-3-18-42-21-32(29-17-8-24(36)20-30(29)37)40-33(42)31(41-35(45)39-26-11-9-25(38)10-12-26)19-22-4-13-27(14-5-22)46-28-15-6-23(7-16-28)34(43)44/h4-17,20-21,31H,2-3,18-19H2,1H3,(H,43,44)(H2,39,41,45). The molecule has 11 heteroatoms. The number of aryl methyl sites for hydroxylation is 1. The number of urea groups is 1. The molecular formula is C35H31Cl2FN4O4. The molecule has 236 valence electrons. The van der Waals surface area contributed by atoms with Crippen molar-refractivity contribution in [1.29, 1.82) is 0 Å². The first kappa shape index (κ1) is 32.5. The molecule has 0 spiro atoms. The number of carboxylic acid groups (broad SMARTS) is 1. The summed E-state index contributed by atoms with van der Waals surface area (Å²) in [4.78, 5) is 29.3. The number of anilines is 1. The van der Waals surface area contributed by atoms with E-state index in [-0.39, 0.29) is 5.56 Å². The molecule has 0 aliphatic heterocycles. The van der Waals surface area contributed by atoms with Crippen LogP contribution in [-0.2, 0) is 13.0 Å². The maximum absolute atomic E-state index is 13.4. The van der Waals surface area contributed by atoms with E-state index in [9.17, 15) is 14.0 Å². The van der Waals surface area contributed by atoms with Crippen LogP contribution < -0.4 is 15.4 Å². The van der Waals surface area contributed by atoms with E-state index in [1.54, 1.807) is 36.4 Å². The number of ether oxygens (including phenoxy) is 1. The first-order chi connectivity index (χ1) is 22.2. The van der Waals surface area contributed by atoms with Crippen molar-refractivity contribution in [3.63, 3.8) is 0 Å². The molecule has 0 aliphatic rings. The van der Waals surface area contributed by atoms with Gasteiger partial charge in [-0.2, -0.15) is 0 Å². The topological polar surface area (TPSA) is 105 Å². The molecule has 0 saturated carbocycles. The fourth-order valence-corrected chi connectivity index (χ4v) is 5.34. The summed E-state index contributed by atoms with van der Waals surface area (Å²) in [6, 6.07) is 23.3. The lowest BCUT2D eigenvalue weighted by atomic mass is 10.0. The van der Waals surface area contributed by atoms with Crippen LogP contribution in [0.15, 0.2) is 97.2 Å². The molecule has 1 atom stereocenters. The Hall–Kier alpha value is -4.86. The number of hydrogen-bond donors (Lipinski definition) is 3. The Morgan fingerprint density at radius 3 is 2.26 bits per heavy atom. The van der Waals surface area contributed by atoms with Crippen molar-refractivity contribution >= 4 is 40.9 Å². The zero-order chi connectivity index (χ0) is 32.6. The van der Waals surface area contributed by atoms with E-state index in [2.05, 4.69) is 17.6 Å². The summed E-state index contributed by atoms with van der Waals surface area (Å²) in [6.45, 7) is 2.78. The second-order valence-corrected chi connectivity index (χ2v) is 11.4. The third-order valence-corrected chi connectivity index (χ3v) is 7.73. The number of hydrogen-bond acceptors (Lipinski definition) is 4. The molecule has 4 aromatic carbocycles. The van der Waals surface area contributed by atoms with Crippen molar-refractivity contribution in [1.82, 2.24) is 14.9 Å². The number of benzene rings is 4. The van der Waals surface area contributed by atoms with Crippen LogP contribution >= 0.6 is 23.2 Å². The average molecular weight is 662 g/mol. The minimum Gasteiger partial charge on any atom is -0.478 e. The van der Waals surface area contributed by atoms with E-state index >= 15 is 0 Å². The van der Waals surface area contributed by atoms with Gasteiger partial charge >= 0.3 is 12.0 Å². The number of imidazole rings is 1. The van der Waals surface area contributed by atoms with Crippen LogP contribution in [0.25, 0.3) is 11.3 Å². The molecule has 5 rings (SSSR count). The van der Waals surface area contributed by atoms with Gasteiger partial charge in [0.2, 0.25) is 0 Å². The monoisotopic (exact) mass is 660 g/mol. The van der Waals surface area contributed by atoms with Crippen LogP contribution in [0.5, 0.6) is 11.5 Å². The van der Waals surface area contributed by atoms with Gasteiger partial charge in [-0.25, -0.2) is 19.0 Å². The zero-order valence-electron chi connectivity index (χ0n) is 24.8. The van der Waals surface area contributed by atoms with Gasteiger partial charge in [-0.15, -0.1) is 0 Å². The van der Waals surface area contributed by atoms with Gasteiger partial charge in [0.15, 0.2) is 0 Å². The number of carbonyl (C=O) groups excluding carboxylic acids is 1. The Morgan fingerprint density at radius 2 is 1.63 bits per heavy atom. The van der Waals surface area contributed by atoms with Crippen molar-refractivity contribution in [2.45, 2.75) is 38.8 Å². The Kier molecular flexibility index (Phi) is 10.6. The minimum absolute atomic E-state index is 0.170. The molecule has 1 unspecified atom stereocenters. The molecule has 5 aromatic rings. The minimum atomic E-state index is -1.01. The molecule has 1 heterocycles. The number of unbranched alkanes of at least 4 members (excludes halogenated alkanes) is 1. The average Bonchev–Trinajstić information content (AvgIpc) is 3.45. The van der Waals surface area contributed by atoms with Gasteiger partial charge in [-0.1, -0.05) is 48.7 Å². The van der Waals surface area contributed by atoms with Gasteiger partial charge in [-0.3, -0.25) is 0 Å². The summed E-state index contributed by atoms with van der Waals surface area (Å²) in [5, 5.41) is 15.9. The SMILES string of the molecule is CCCCn1cc(-c2ccc(Cl)cc2Cl)nc1C(Cc1ccc(Oc2ccc(C(=O)O)cc2)cc1)NC(=O)Nc1ccc(F)cc1. The van der Waals surface area contributed by atoms with Crippen molar-refractivity contribution in [3.8, 4) is 22.8 Å². The van der Waals surface area contributed by atoms with Crippen molar-refractivity contribution < 1.29 is 23.8 Å². The maximum Gasteiger partial charge on any atom is 0.335 e. The fourth-order valence-electron chi connectivity index (χ4n) is 4.84. The van der Waals surface area contributed by atoms with E-state index < -0.39 is 23.9 Å². The summed E-state index contributed by atoms with van der Waals surface area (Å²) in [5.41, 5.74) is 2.88. The highest BCUT2D eigenvalue weighted by Gasteiger charge is 2.23. The van der Waals surface area contributed by atoms with Gasteiger partial charge < -0.3 is 25.0 Å². The van der Waals surface area contributed by atoms with Crippen molar-refractivity contribution in [2.75, 3.05) is 5.32 Å². The maximum atomic E-state index is 13.4. The summed E-state index contributed by atoms with van der Waals surface area (Å²) >= 11 is 12.7. The number of nitrogens with zero attached hydrogens (tertiary/aromatic N) is 2. The van der Waals surface area contributed by atoms with Gasteiger partial charge in [-0.05, 0) is 97.3 Å². The highest BCUT2D eigenvalue weighted by Crippen LogP contribution is 2.32. The molecular weight excluding hydrogens is 630 g/mol. The predicted molar refractivity (Wildman–Crippen MR) is 178 cm³/mol. The number of aromatic carboxylic acids is 1. The number of rotatable bonds is 12. The number of aromatic nitrogens is 2. The van der Waals surface area contributed by atoms with E-state index in [4.69, 9.17) is 38.0 Å². The molecule has 8 nitrogen and oxygen atoms in total. The third-order valence-electron chi connectivity index (χ3n) is 7.19. The highest BCUT2D eigenvalue weighted by molar-refractivity contribution is 6.36. The Balaban J connectivity index is 1.43. The number of halogens is 3. The summed E-state index contributed by atoms with van der Waals surface area (Å²) < 4.78 is 21.4. The molecule has 0 aliphatic carbocycles. The molecule has 0 saturated heterocycles. The largest absolute Gasteiger partial charge is 0.478 e. The van der Waals surface area contributed by atoms with Crippen LogP contribution in [0.1, 0.15) is 47.6 Å². The van der Waals surface area contributed by atoms with Crippen LogP contribution in [0.2, 0.25) is 10.0 Å². The van der Waals surface area contributed by atoms with Gasteiger partial charge in [0.1, 0.15) is 23.1 Å². The zero-order valence-corrected chi connectivity index (χ0v) is 26.4. The smallest absolute Gasteiger partial charge is 0.335 e. The fraction of sp³-hybridized carbons (Fsp3) is 0.171. The van der Waals surface area contributed by atoms with Gasteiger partial charge in [0, 0.05) is 29.0 Å². The second-order valence-electron chi connectivity index (χ2n) is 10.6. The lowest BCUT2D eigenvalue weighted by Crippen LogP contribution is -2.35. The lowest BCUT2D eigenvalue weighted by Gasteiger charge is -2.21. The summed E-state index contributed by atoms with van der Waals surface area (Å²) in [5.74, 6) is 0.294. The highest BCUT2D eigenvalue weighted by atomic mass is 35.5. The Labute approximate surface area is 275 Å². The number of carbonyl (C=O) groups is 2. The molecule has 1 aromatic heterocycles. The quantitative estimate of drug-likeness (QED) is 0.124. The summed E-state index contributed by atoms with van der Waals surface area (Å²) in [7, 11) is 0. The van der Waals surface area contributed by atoms with Gasteiger partial charge in [0.25, 0.3) is 0 Å². The van der Waals surface area contributed by atoms with E-state index in [0.29, 0.717) is 51.7 Å². The van der Waals surface area contributed by atoms with E-state index in [1.807, 2.05) is 29.0 Å². The van der Waals surface area contributed by atoms with Crippen molar-refractivity contribution in [2.24, 2.45) is 0 Å². The van der Waals surface area contributed by atoms with Crippen LogP contribution in [0.4, 0.5) is 14.9 Å². The van der Waals surface area contributed by atoms with E-state index in [1.165, 1.54) is 36.4 Å². The Bertz CT molecular complexity index is 1810. The lowest BCUT2D eigenvalue weighted by molar-refractivity contribution is 0.0697. The van der Waals surface area contributed by atoms with E-state index in [0.717, 1.165) is 24.0 Å². The van der Waals surface area contributed by atoms with Crippen molar-refractivity contribution in [3.05, 3.63) is 130 Å². The molecule has 3 N–H and O–H groups in total. The molecule has 2 amide bonds. The summed E-state index contributed by atoms with van der Waals surface area (Å²) in [6.07, 6.45) is 4.17. The Morgan fingerprint density at radius 1 is 0.957 bits per heavy atom. The van der Waals surface area contributed by atoms with Gasteiger partial charge in [0.05, 0.1) is 22.3 Å². The number of nitrogens with one attached hydrogen (secondary N) is 2. The molecule has 0 bridgehead atoms. The first-order valence-corrected chi connectivity index (χ1v) is 15.4. The molecule has 0 fully saturated rings. The number of amides is 2.